The van der Waals surface area contributed by atoms with E-state index >= 15 is 0 Å². The quantitative estimate of drug-likeness (QED) is 0.744. The molecule has 0 aliphatic heterocycles. The third-order valence-electron chi connectivity index (χ3n) is 3.12. The zero-order valence-electron chi connectivity index (χ0n) is 12.8. The van der Waals surface area contributed by atoms with Crippen LogP contribution in [0, 0.1) is 0 Å². The Morgan fingerprint density at radius 3 is 2.45 bits per heavy atom. The van der Waals surface area contributed by atoms with Crippen molar-refractivity contribution in [3.05, 3.63) is 23.8 Å². The van der Waals surface area contributed by atoms with E-state index in [-0.39, 0.29) is 0 Å². The number of nitrogens with zero attached hydrogens (tertiary/aromatic N) is 2. The molecule has 5 heteroatoms. The maximum Gasteiger partial charge on any atom is 0.120 e. The van der Waals surface area contributed by atoms with Crippen molar-refractivity contribution in [1.29, 1.82) is 0 Å². The van der Waals surface area contributed by atoms with Crippen LogP contribution in [0.15, 0.2) is 18.2 Å². The summed E-state index contributed by atoms with van der Waals surface area (Å²) in [4.78, 5) is 4.91. The SMILES string of the molecule is CCCN(CCN(C)C)c1cc(OC)ccc1C(N)=S. The van der Waals surface area contributed by atoms with Gasteiger partial charge in [-0.25, -0.2) is 0 Å². The Kier molecular flexibility index (Phi) is 6.75. The van der Waals surface area contributed by atoms with Crippen LogP contribution in [0.25, 0.3) is 0 Å². The fourth-order valence-corrected chi connectivity index (χ4v) is 2.22. The second-order valence-electron chi connectivity index (χ2n) is 5.04. The fraction of sp³-hybridized carbons (Fsp3) is 0.533. The monoisotopic (exact) mass is 295 g/mol. The second kappa shape index (κ2) is 8.07. The van der Waals surface area contributed by atoms with E-state index in [1.165, 1.54) is 0 Å². The molecule has 1 aromatic rings. The molecular formula is C15H25N3OS. The normalized spacial score (nSPS) is 10.7. The van der Waals surface area contributed by atoms with Crippen LogP contribution in [0.3, 0.4) is 0 Å². The van der Waals surface area contributed by atoms with E-state index in [0.717, 1.165) is 43.1 Å². The summed E-state index contributed by atoms with van der Waals surface area (Å²) < 4.78 is 5.32. The van der Waals surface area contributed by atoms with Gasteiger partial charge in [-0.2, -0.15) is 0 Å². The summed E-state index contributed by atoms with van der Waals surface area (Å²) in [5.74, 6) is 0.825. The van der Waals surface area contributed by atoms with E-state index < -0.39 is 0 Å². The molecule has 0 saturated carbocycles. The first kappa shape index (κ1) is 16.7. The van der Waals surface area contributed by atoms with Crippen LogP contribution in [0.4, 0.5) is 5.69 Å². The Bertz CT molecular complexity index is 449. The van der Waals surface area contributed by atoms with Gasteiger partial charge >= 0.3 is 0 Å². The summed E-state index contributed by atoms with van der Waals surface area (Å²) >= 11 is 5.17. The van der Waals surface area contributed by atoms with Gasteiger partial charge in [0.25, 0.3) is 0 Å². The lowest BCUT2D eigenvalue weighted by Crippen LogP contribution is -2.33. The van der Waals surface area contributed by atoms with Gasteiger partial charge in [0.2, 0.25) is 0 Å². The molecule has 0 aliphatic carbocycles. The number of benzene rings is 1. The number of thiocarbonyl (C=S) groups is 1. The molecule has 0 spiro atoms. The van der Waals surface area contributed by atoms with Crippen molar-refractivity contribution >= 4 is 22.9 Å². The van der Waals surface area contributed by atoms with E-state index in [9.17, 15) is 0 Å². The molecule has 0 radical (unpaired) electrons. The number of hydrogen-bond donors (Lipinski definition) is 1. The molecule has 20 heavy (non-hydrogen) atoms. The van der Waals surface area contributed by atoms with Gasteiger partial charge in [0.15, 0.2) is 0 Å². The topological polar surface area (TPSA) is 41.7 Å². The molecule has 4 nitrogen and oxygen atoms in total. The van der Waals surface area contributed by atoms with Gasteiger partial charge in [0.05, 0.1) is 12.8 Å². The van der Waals surface area contributed by atoms with Crippen molar-refractivity contribution in [3.8, 4) is 5.75 Å². The molecule has 0 aliphatic rings. The van der Waals surface area contributed by atoms with E-state index in [1.807, 2.05) is 18.2 Å². The molecule has 0 saturated heterocycles. The van der Waals surface area contributed by atoms with E-state index in [1.54, 1.807) is 7.11 Å². The highest BCUT2D eigenvalue weighted by Gasteiger charge is 2.14. The van der Waals surface area contributed by atoms with Gasteiger partial charge in [-0.1, -0.05) is 19.1 Å². The highest BCUT2D eigenvalue weighted by Crippen LogP contribution is 2.26. The summed E-state index contributed by atoms with van der Waals surface area (Å²) in [5.41, 5.74) is 7.82. The number of methoxy groups -OCH3 is 1. The highest BCUT2D eigenvalue weighted by molar-refractivity contribution is 7.80. The maximum atomic E-state index is 5.85. The lowest BCUT2D eigenvalue weighted by Gasteiger charge is -2.28. The largest absolute Gasteiger partial charge is 0.497 e. The molecule has 2 N–H and O–H groups in total. The van der Waals surface area contributed by atoms with Crippen molar-refractivity contribution in [1.82, 2.24) is 4.90 Å². The predicted molar refractivity (Wildman–Crippen MR) is 89.9 cm³/mol. The van der Waals surface area contributed by atoms with Gasteiger partial charge in [0, 0.05) is 31.3 Å². The Morgan fingerprint density at radius 1 is 1.25 bits per heavy atom. The molecule has 0 aromatic heterocycles. The third kappa shape index (κ3) is 4.65. The smallest absolute Gasteiger partial charge is 0.120 e. The molecule has 0 amide bonds. The van der Waals surface area contributed by atoms with Crippen molar-refractivity contribution in [2.75, 3.05) is 45.7 Å². The van der Waals surface area contributed by atoms with Crippen molar-refractivity contribution in [3.63, 3.8) is 0 Å². The highest BCUT2D eigenvalue weighted by atomic mass is 32.1. The van der Waals surface area contributed by atoms with Crippen LogP contribution in [-0.4, -0.2) is 50.7 Å². The van der Waals surface area contributed by atoms with Crippen LogP contribution in [0.2, 0.25) is 0 Å². The molecule has 0 atom stereocenters. The number of hydrogen-bond acceptors (Lipinski definition) is 4. The van der Waals surface area contributed by atoms with Gasteiger partial charge in [-0.15, -0.1) is 0 Å². The maximum absolute atomic E-state index is 5.85. The minimum Gasteiger partial charge on any atom is -0.497 e. The van der Waals surface area contributed by atoms with E-state index in [2.05, 4.69) is 30.8 Å². The summed E-state index contributed by atoms with van der Waals surface area (Å²) in [6, 6.07) is 5.85. The molecule has 0 unspecified atom stereocenters. The minimum absolute atomic E-state index is 0.425. The van der Waals surface area contributed by atoms with E-state index in [4.69, 9.17) is 22.7 Å². The standard InChI is InChI=1S/C15H25N3OS/c1-5-8-18(10-9-17(2)3)14-11-12(19-4)6-7-13(14)15(16)20/h6-7,11H,5,8-10H2,1-4H3,(H2,16,20). The van der Waals surface area contributed by atoms with E-state index in [0.29, 0.717) is 4.99 Å². The molecule has 1 aromatic carbocycles. The Morgan fingerprint density at radius 2 is 1.95 bits per heavy atom. The number of likely N-dealkylation sites (N-methyl/N-ethyl adjacent to an activating group) is 1. The van der Waals surface area contributed by atoms with Crippen LogP contribution in [0.1, 0.15) is 18.9 Å². The van der Waals surface area contributed by atoms with Gasteiger partial charge in [-0.05, 0) is 32.6 Å². The first-order chi connectivity index (χ1) is 9.49. The lowest BCUT2D eigenvalue weighted by atomic mass is 10.1. The zero-order valence-corrected chi connectivity index (χ0v) is 13.7. The predicted octanol–water partition coefficient (Wildman–Crippen LogP) is 2.11. The molecule has 0 fully saturated rings. The lowest BCUT2D eigenvalue weighted by molar-refractivity contribution is 0.410. The Balaban J connectivity index is 3.10. The van der Waals surface area contributed by atoms with Crippen LogP contribution < -0.4 is 15.4 Å². The third-order valence-corrected chi connectivity index (χ3v) is 3.34. The van der Waals surface area contributed by atoms with Crippen LogP contribution in [-0.2, 0) is 0 Å². The Hall–Kier alpha value is -1.33. The summed E-state index contributed by atoms with van der Waals surface area (Å²) in [6.07, 6.45) is 1.07. The number of anilines is 1. The molecule has 0 bridgehead atoms. The first-order valence-electron chi connectivity index (χ1n) is 6.87. The van der Waals surface area contributed by atoms with Crippen molar-refractivity contribution in [2.24, 2.45) is 5.73 Å². The van der Waals surface area contributed by atoms with Crippen LogP contribution in [0.5, 0.6) is 5.75 Å². The fourth-order valence-electron chi connectivity index (χ4n) is 2.05. The molecule has 1 rings (SSSR count). The summed E-state index contributed by atoms with van der Waals surface area (Å²) in [5, 5.41) is 0. The van der Waals surface area contributed by atoms with Crippen LogP contribution >= 0.6 is 12.2 Å². The number of rotatable bonds is 8. The van der Waals surface area contributed by atoms with Gasteiger partial charge in [-0.3, -0.25) is 0 Å². The minimum atomic E-state index is 0.425. The zero-order chi connectivity index (χ0) is 15.1. The summed E-state index contributed by atoms with van der Waals surface area (Å²) in [6.45, 7) is 5.05. The number of ether oxygens (including phenoxy) is 1. The molecular weight excluding hydrogens is 270 g/mol. The average Bonchev–Trinajstić information content (AvgIpc) is 2.42. The summed E-state index contributed by atoms with van der Waals surface area (Å²) in [7, 11) is 5.82. The average molecular weight is 295 g/mol. The molecule has 112 valence electrons. The Labute approximate surface area is 127 Å². The first-order valence-corrected chi connectivity index (χ1v) is 7.28. The molecule has 0 heterocycles. The van der Waals surface area contributed by atoms with Gasteiger partial charge < -0.3 is 20.3 Å². The number of nitrogens with two attached hydrogens (primary N) is 1. The van der Waals surface area contributed by atoms with Crippen molar-refractivity contribution in [2.45, 2.75) is 13.3 Å². The van der Waals surface area contributed by atoms with Crippen molar-refractivity contribution < 1.29 is 4.74 Å². The van der Waals surface area contributed by atoms with Gasteiger partial charge in [0.1, 0.15) is 10.7 Å². The second-order valence-corrected chi connectivity index (χ2v) is 5.48.